The van der Waals surface area contributed by atoms with E-state index in [1.165, 1.54) is 18.4 Å². The minimum Gasteiger partial charge on any atom is -0.478 e. The quantitative estimate of drug-likeness (QED) is 0.509. The van der Waals surface area contributed by atoms with Crippen LogP contribution in [0.15, 0.2) is 42.5 Å². The number of anilines is 1. The number of carboxylic acid groups (broad SMARTS) is 1. The monoisotopic (exact) mass is 408 g/mol. The van der Waals surface area contributed by atoms with Gasteiger partial charge < -0.3 is 15.2 Å². The third-order valence-corrected chi connectivity index (χ3v) is 5.02. The number of aryl methyl sites for hydroxylation is 1. The molecular formula is C24H28N2O4. The summed E-state index contributed by atoms with van der Waals surface area (Å²) in [6.45, 7) is 2.36. The lowest BCUT2D eigenvalue weighted by Gasteiger charge is -2.29. The number of benzene rings is 2. The first-order valence-corrected chi connectivity index (χ1v) is 10.0. The molecule has 0 spiro atoms. The molecule has 1 aliphatic carbocycles. The number of nitrogens with zero attached hydrogens (tertiary/aromatic N) is 1. The Hall–Kier alpha value is -3.14. The molecule has 4 rings (SSSR count). The molecule has 2 aromatic rings. The van der Waals surface area contributed by atoms with Crippen LogP contribution in [0.5, 0.6) is 0 Å². The number of carbonyl (C=O) groups is 2. The zero-order valence-corrected chi connectivity index (χ0v) is 17.2. The van der Waals surface area contributed by atoms with Crippen molar-refractivity contribution in [1.82, 2.24) is 0 Å². The lowest BCUT2D eigenvalue weighted by atomic mass is 9.95. The smallest absolute Gasteiger partial charge is 0.335 e. The molecule has 2 aliphatic rings. The number of hydrogen-bond acceptors (Lipinski definition) is 4. The highest BCUT2D eigenvalue weighted by atomic mass is 16.4. The third kappa shape index (κ3) is 6.18. The van der Waals surface area contributed by atoms with Crippen LogP contribution in [-0.2, 0) is 11.2 Å². The number of amides is 1. The maximum absolute atomic E-state index is 11.7. The highest BCUT2D eigenvalue weighted by molar-refractivity contribution is 5.93. The summed E-state index contributed by atoms with van der Waals surface area (Å²) in [7, 11) is 0. The first kappa shape index (κ1) is 23.1. The lowest BCUT2D eigenvalue weighted by Crippen LogP contribution is -2.33. The largest absolute Gasteiger partial charge is 0.478 e. The van der Waals surface area contributed by atoms with Crippen molar-refractivity contribution in [3.05, 3.63) is 53.6 Å². The number of carboxylic acids is 1. The van der Waals surface area contributed by atoms with Gasteiger partial charge in [-0.05, 0) is 66.6 Å². The first-order valence-electron chi connectivity index (χ1n) is 10.0. The fourth-order valence-electron chi connectivity index (χ4n) is 3.51. The van der Waals surface area contributed by atoms with Gasteiger partial charge in [0.15, 0.2) is 0 Å². The van der Waals surface area contributed by atoms with E-state index in [0.29, 0.717) is 0 Å². The van der Waals surface area contributed by atoms with E-state index in [1.54, 1.807) is 19.1 Å². The van der Waals surface area contributed by atoms with Crippen LogP contribution >= 0.6 is 0 Å². The minimum absolute atomic E-state index is 0.0690. The van der Waals surface area contributed by atoms with Gasteiger partial charge in [0.2, 0.25) is 5.91 Å². The highest BCUT2D eigenvalue weighted by Crippen LogP contribution is 2.31. The van der Waals surface area contributed by atoms with Crippen molar-refractivity contribution < 1.29 is 19.9 Å². The van der Waals surface area contributed by atoms with Gasteiger partial charge in [-0.3, -0.25) is 4.79 Å². The Balaban J connectivity index is 0.000000340. The van der Waals surface area contributed by atoms with Crippen molar-refractivity contribution in [3.63, 3.8) is 0 Å². The summed E-state index contributed by atoms with van der Waals surface area (Å²) in [4.78, 5) is 24.4. The zero-order chi connectivity index (χ0) is 21.9. The van der Waals surface area contributed by atoms with Crippen molar-refractivity contribution >= 4 is 17.6 Å². The normalized spacial score (nSPS) is 13.9. The van der Waals surface area contributed by atoms with E-state index in [9.17, 15) is 9.59 Å². The Morgan fingerprint density at radius 3 is 2.03 bits per heavy atom. The summed E-state index contributed by atoms with van der Waals surface area (Å²) >= 11 is 0. The summed E-state index contributed by atoms with van der Waals surface area (Å²) in [6, 6.07) is 12.9. The lowest BCUT2D eigenvalue weighted by molar-refractivity contribution is -0.116. The van der Waals surface area contributed by atoms with Crippen LogP contribution in [0.4, 0.5) is 5.69 Å². The molecule has 0 atom stereocenters. The Morgan fingerprint density at radius 1 is 0.933 bits per heavy atom. The molecule has 0 aromatic heterocycles. The van der Waals surface area contributed by atoms with E-state index < -0.39 is 5.97 Å². The van der Waals surface area contributed by atoms with Crippen molar-refractivity contribution in [2.75, 3.05) is 11.4 Å². The Labute approximate surface area is 177 Å². The highest BCUT2D eigenvalue weighted by Gasteiger charge is 2.20. The number of fused-ring (bicyclic) bond motifs is 1. The molecule has 1 aliphatic heterocycles. The third-order valence-electron chi connectivity index (χ3n) is 5.02. The van der Waals surface area contributed by atoms with E-state index in [4.69, 9.17) is 10.3 Å². The molecule has 4 N–H and O–H groups in total. The van der Waals surface area contributed by atoms with Crippen LogP contribution in [0.3, 0.4) is 0 Å². The van der Waals surface area contributed by atoms with Gasteiger partial charge in [-0.15, -0.1) is 11.8 Å². The van der Waals surface area contributed by atoms with E-state index in [-0.39, 0.29) is 11.5 Å². The van der Waals surface area contributed by atoms with Gasteiger partial charge in [0.25, 0.3) is 0 Å². The SMILES string of the molecule is C1#CCCCC1.CC(=O)N1CCCc2cc(-c3ccc(C(=O)O)cc3)ccc21.NO. The fraction of sp³-hybridized carbons (Fsp3) is 0.333. The van der Waals surface area contributed by atoms with Gasteiger partial charge >= 0.3 is 5.97 Å². The maximum Gasteiger partial charge on any atom is 0.335 e. The van der Waals surface area contributed by atoms with Gasteiger partial charge in [-0.1, -0.05) is 18.2 Å². The van der Waals surface area contributed by atoms with Crippen molar-refractivity contribution in [2.45, 2.75) is 45.4 Å². The predicted octanol–water partition coefficient (Wildman–Crippen LogP) is 4.25. The Morgan fingerprint density at radius 2 is 1.53 bits per heavy atom. The van der Waals surface area contributed by atoms with Crippen LogP contribution in [0.1, 0.15) is 54.9 Å². The van der Waals surface area contributed by atoms with Crippen molar-refractivity contribution in [2.24, 2.45) is 5.90 Å². The van der Waals surface area contributed by atoms with E-state index in [2.05, 4.69) is 23.8 Å². The van der Waals surface area contributed by atoms with Crippen LogP contribution in [0.25, 0.3) is 11.1 Å². The molecule has 158 valence electrons. The zero-order valence-electron chi connectivity index (χ0n) is 17.2. The van der Waals surface area contributed by atoms with Crippen LogP contribution in [0.2, 0.25) is 0 Å². The second kappa shape index (κ2) is 11.8. The molecular weight excluding hydrogens is 380 g/mol. The molecule has 0 unspecified atom stereocenters. The first-order chi connectivity index (χ1) is 14.6. The summed E-state index contributed by atoms with van der Waals surface area (Å²) in [5.74, 6) is 8.72. The van der Waals surface area contributed by atoms with Crippen molar-refractivity contribution in [3.8, 4) is 23.0 Å². The predicted molar refractivity (Wildman–Crippen MR) is 117 cm³/mol. The van der Waals surface area contributed by atoms with Crippen molar-refractivity contribution in [1.29, 1.82) is 0 Å². The fourth-order valence-corrected chi connectivity index (χ4v) is 3.51. The van der Waals surface area contributed by atoms with Gasteiger partial charge in [0, 0.05) is 32.0 Å². The standard InChI is InChI=1S/C18H17NO3.C6H8.H3NO/c1-12(20)19-10-2-3-16-11-15(8-9-17(16)19)13-4-6-14(7-5-13)18(21)22;1-2-4-6-5-3-1;1-2/h4-9,11H,2-3,10H2,1H3,(H,21,22);1-4H2;2H,1H2. The Kier molecular flexibility index (Phi) is 9.07. The summed E-state index contributed by atoms with van der Waals surface area (Å²) in [6.07, 6.45) is 6.86. The molecule has 2 aromatic carbocycles. The molecule has 1 heterocycles. The molecule has 6 heteroatoms. The molecule has 6 nitrogen and oxygen atoms in total. The summed E-state index contributed by atoms with van der Waals surface area (Å²) in [5.41, 5.74) is 4.46. The van der Waals surface area contributed by atoms with Crippen LogP contribution in [0, 0.1) is 11.8 Å². The second-order valence-electron chi connectivity index (χ2n) is 7.06. The molecule has 0 radical (unpaired) electrons. The number of nitrogens with two attached hydrogens (primary N) is 1. The summed E-state index contributed by atoms with van der Waals surface area (Å²) in [5, 5.41) is 15.4. The van der Waals surface area contributed by atoms with Crippen LogP contribution < -0.4 is 10.8 Å². The molecule has 1 amide bonds. The Bertz CT molecular complexity index is 916. The van der Waals surface area contributed by atoms with Gasteiger partial charge in [0.05, 0.1) is 5.56 Å². The molecule has 0 bridgehead atoms. The average molecular weight is 408 g/mol. The number of carbonyl (C=O) groups excluding carboxylic acids is 1. The molecule has 0 saturated carbocycles. The van der Waals surface area contributed by atoms with Gasteiger partial charge in [-0.25, -0.2) is 10.7 Å². The van der Waals surface area contributed by atoms with Gasteiger partial charge in [-0.2, -0.15) is 0 Å². The molecule has 0 fully saturated rings. The minimum atomic E-state index is -0.922. The average Bonchev–Trinajstić information content (AvgIpc) is 2.81. The molecule has 30 heavy (non-hydrogen) atoms. The maximum atomic E-state index is 11.7. The summed E-state index contributed by atoms with van der Waals surface area (Å²) < 4.78 is 0. The second-order valence-corrected chi connectivity index (χ2v) is 7.06. The van der Waals surface area contributed by atoms with E-state index in [1.807, 2.05) is 29.2 Å². The van der Waals surface area contributed by atoms with Gasteiger partial charge in [0.1, 0.15) is 0 Å². The number of hydrogen-bond donors (Lipinski definition) is 3. The molecule has 0 saturated heterocycles. The number of rotatable bonds is 2. The van der Waals surface area contributed by atoms with Crippen LogP contribution in [-0.4, -0.2) is 28.7 Å². The number of aromatic carboxylic acids is 1. The topological polar surface area (TPSA) is 104 Å². The van der Waals surface area contributed by atoms with E-state index in [0.717, 1.165) is 49.0 Å². The van der Waals surface area contributed by atoms with E-state index >= 15 is 0 Å².